The molecule has 1 aromatic carbocycles. The molecule has 1 aromatic rings. The van der Waals surface area contributed by atoms with Gasteiger partial charge in [-0.05, 0) is 69.1 Å². The van der Waals surface area contributed by atoms with Gasteiger partial charge in [-0.25, -0.2) is 0 Å². The number of hydrogen-bond donors (Lipinski definition) is 0. The molecule has 0 bridgehead atoms. The SMILES string of the molecule is C[Si](C)(C#CC1(O[Si](C)(C)C)CCCCC1)CC[Si](C)(C)/C=C/c1ccc(Cl)cc1. The van der Waals surface area contributed by atoms with E-state index >= 15 is 0 Å². The van der Waals surface area contributed by atoms with Crippen molar-refractivity contribution in [1.29, 1.82) is 0 Å². The first-order valence-electron chi connectivity index (χ1n) is 11.5. The molecule has 5 heteroatoms. The van der Waals surface area contributed by atoms with Crippen molar-refractivity contribution in [2.45, 2.75) is 95.6 Å². The largest absolute Gasteiger partial charge is 0.402 e. The lowest BCUT2D eigenvalue weighted by Crippen LogP contribution is -2.43. The molecule has 1 aliphatic rings. The fourth-order valence-corrected chi connectivity index (χ4v) is 12.1. The highest BCUT2D eigenvalue weighted by Crippen LogP contribution is 2.34. The van der Waals surface area contributed by atoms with Gasteiger partial charge in [-0.3, -0.25) is 0 Å². The van der Waals surface area contributed by atoms with Crippen LogP contribution in [0.4, 0.5) is 0 Å². The van der Waals surface area contributed by atoms with Crippen LogP contribution in [-0.4, -0.2) is 30.1 Å². The minimum atomic E-state index is -1.61. The van der Waals surface area contributed by atoms with E-state index in [0.29, 0.717) is 0 Å². The van der Waals surface area contributed by atoms with Gasteiger partial charge >= 0.3 is 0 Å². The summed E-state index contributed by atoms with van der Waals surface area (Å²) in [6, 6.07) is 10.7. The summed E-state index contributed by atoms with van der Waals surface area (Å²) >= 11 is 6.00. The van der Waals surface area contributed by atoms with Crippen molar-refractivity contribution < 1.29 is 4.43 Å². The van der Waals surface area contributed by atoms with Gasteiger partial charge in [0.25, 0.3) is 0 Å². The molecular weight excluding hydrogens is 436 g/mol. The summed E-state index contributed by atoms with van der Waals surface area (Å²) in [6.07, 6.45) is 8.38. The fourth-order valence-electron chi connectivity index (χ4n) is 3.92. The van der Waals surface area contributed by atoms with Crippen LogP contribution in [0.1, 0.15) is 37.7 Å². The molecule has 1 fully saturated rings. The summed E-state index contributed by atoms with van der Waals surface area (Å²) in [7, 11) is -4.59. The molecule has 0 unspecified atom stereocenters. The summed E-state index contributed by atoms with van der Waals surface area (Å²) in [4.78, 5) is 0. The minimum absolute atomic E-state index is 0.158. The first kappa shape index (κ1) is 25.7. The summed E-state index contributed by atoms with van der Waals surface area (Å²) in [5.74, 6) is 3.74. The van der Waals surface area contributed by atoms with Crippen LogP contribution >= 0.6 is 11.6 Å². The predicted molar refractivity (Wildman–Crippen MR) is 143 cm³/mol. The molecule has 166 valence electrons. The van der Waals surface area contributed by atoms with Crippen molar-refractivity contribution >= 4 is 42.1 Å². The Labute approximate surface area is 193 Å². The highest BCUT2D eigenvalue weighted by atomic mass is 35.5. The van der Waals surface area contributed by atoms with Crippen LogP contribution in [0, 0.1) is 11.5 Å². The Kier molecular flexibility index (Phi) is 8.87. The molecule has 0 N–H and O–H groups in total. The van der Waals surface area contributed by atoms with Crippen molar-refractivity contribution in [3.05, 3.63) is 40.6 Å². The Hall–Kier alpha value is -0.579. The average molecular weight is 477 g/mol. The van der Waals surface area contributed by atoms with Crippen LogP contribution in [0.5, 0.6) is 0 Å². The lowest BCUT2D eigenvalue weighted by molar-refractivity contribution is 0.0796. The fraction of sp³-hybridized carbons (Fsp3) is 0.600. The summed E-state index contributed by atoms with van der Waals surface area (Å²) in [6.45, 7) is 16.7. The molecule has 0 aromatic heterocycles. The van der Waals surface area contributed by atoms with Gasteiger partial charge in [-0.2, -0.15) is 0 Å². The second-order valence-corrected chi connectivity index (χ2v) is 25.5. The number of hydrogen-bond acceptors (Lipinski definition) is 1. The number of rotatable bonds is 7. The Morgan fingerprint density at radius 3 is 2.10 bits per heavy atom. The molecule has 2 rings (SSSR count). The highest BCUT2D eigenvalue weighted by Gasteiger charge is 2.36. The van der Waals surface area contributed by atoms with E-state index in [0.717, 1.165) is 17.9 Å². The zero-order chi connectivity index (χ0) is 22.5. The Bertz CT molecular complexity index is 773. The topological polar surface area (TPSA) is 9.23 Å². The summed E-state index contributed by atoms with van der Waals surface area (Å²) in [5.41, 5.74) is 7.37. The van der Waals surface area contributed by atoms with E-state index in [4.69, 9.17) is 16.0 Å². The molecule has 0 heterocycles. The van der Waals surface area contributed by atoms with Crippen molar-refractivity contribution in [3.63, 3.8) is 0 Å². The first-order chi connectivity index (χ1) is 13.8. The van der Waals surface area contributed by atoms with Crippen molar-refractivity contribution in [2.75, 3.05) is 0 Å². The van der Waals surface area contributed by atoms with Gasteiger partial charge in [0.05, 0.1) is 8.07 Å². The van der Waals surface area contributed by atoms with Crippen LogP contribution in [0.3, 0.4) is 0 Å². The molecule has 0 radical (unpaired) electrons. The molecule has 0 atom stereocenters. The number of benzene rings is 1. The second-order valence-electron chi connectivity index (χ2n) is 11.3. The second kappa shape index (κ2) is 10.4. The lowest BCUT2D eigenvalue weighted by atomic mass is 9.86. The van der Waals surface area contributed by atoms with Crippen LogP contribution < -0.4 is 0 Å². The molecule has 0 aliphatic heterocycles. The molecule has 0 amide bonds. The molecule has 0 saturated heterocycles. The maximum atomic E-state index is 6.68. The van der Waals surface area contributed by atoms with Gasteiger partial charge in [0.1, 0.15) is 13.7 Å². The molecule has 30 heavy (non-hydrogen) atoms. The third kappa shape index (κ3) is 9.28. The van der Waals surface area contributed by atoms with E-state index in [1.54, 1.807) is 0 Å². The Morgan fingerprint density at radius 2 is 1.53 bits per heavy atom. The van der Waals surface area contributed by atoms with E-state index in [2.05, 4.69) is 81.2 Å². The summed E-state index contributed by atoms with van der Waals surface area (Å²) < 4.78 is 6.68. The van der Waals surface area contributed by atoms with Crippen LogP contribution in [0.25, 0.3) is 6.08 Å². The molecule has 1 nitrogen and oxygen atoms in total. The van der Waals surface area contributed by atoms with Gasteiger partial charge in [-0.1, -0.05) is 80.1 Å². The molecule has 1 saturated carbocycles. The minimum Gasteiger partial charge on any atom is -0.402 e. The van der Waals surface area contributed by atoms with Crippen LogP contribution in [0.2, 0.25) is 62.9 Å². The van der Waals surface area contributed by atoms with Crippen molar-refractivity contribution in [1.82, 2.24) is 0 Å². The molecule has 0 spiro atoms. The third-order valence-corrected chi connectivity index (χ3v) is 12.4. The molecular formula is C25H41ClOSi3. The van der Waals surface area contributed by atoms with E-state index in [-0.39, 0.29) is 5.60 Å². The standard InChI is InChI=1S/C25H41ClOSi3/c1-28(2,3)27-25(16-9-8-10-17-25)18-20-30(6,7)22-21-29(4,5)19-15-23-11-13-24(26)14-12-23/h11-15,19H,8-10,16-17,21-22H2,1-7H3/b19-15+. The zero-order valence-corrected chi connectivity index (χ0v) is 24.0. The maximum Gasteiger partial charge on any atom is 0.185 e. The van der Waals surface area contributed by atoms with Gasteiger partial charge in [-0.15, -0.1) is 5.54 Å². The summed E-state index contributed by atoms with van der Waals surface area (Å²) in [5, 5.41) is 0.795. The van der Waals surface area contributed by atoms with Gasteiger partial charge in [0.2, 0.25) is 0 Å². The quantitative estimate of drug-likeness (QED) is 0.283. The van der Waals surface area contributed by atoms with Crippen LogP contribution in [0.15, 0.2) is 30.0 Å². The van der Waals surface area contributed by atoms with Crippen LogP contribution in [-0.2, 0) is 4.43 Å². The monoisotopic (exact) mass is 476 g/mol. The van der Waals surface area contributed by atoms with Gasteiger partial charge in [0, 0.05) is 5.02 Å². The van der Waals surface area contributed by atoms with E-state index in [9.17, 15) is 0 Å². The lowest BCUT2D eigenvalue weighted by Gasteiger charge is -2.38. The molecule has 1 aliphatic carbocycles. The Balaban J connectivity index is 2.03. The smallest absolute Gasteiger partial charge is 0.185 e. The normalized spacial score (nSPS) is 17.6. The van der Waals surface area contributed by atoms with Gasteiger partial charge in [0.15, 0.2) is 8.32 Å². The average Bonchev–Trinajstić information content (AvgIpc) is 2.64. The maximum absolute atomic E-state index is 6.68. The predicted octanol–water partition coefficient (Wildman–Crippen LogP) is 8.41. The Morgan fingerprint density at radius 1 is 0.933 bits per heavy atom. The third-order valence-electron chi connectivity index (χ3n) is 5.78. The van der Waals surface area contributed by atoms with Crippen molar-refractivity contribution in [3.8, 4) is 11.5 Å². The van der Waals surface area contributed by atoms with Crippen molar-refractivity contribution in [2.24, 2.45) is 0 Å². The zero-order valence-electron chi connectivity index (χ0n) is 20.2. The first-order valence-corrected chi connectivity index (χ1v) is 21.8. The van der Waals surface area contributed by atoms with Gasteiger partial charge < -0.3 is 4.43 Å². The van der Waals surface area contributed by atoms with E-state index < -0.39 is 24.5 Å². The highest BCUT2D eigenvalue weighted by molar-refractivity contribution is 6.89. The van der Waals surface area contributed by atoms with E-state index in [1.807, 2.05) is 12.1 Å². The number of halogens is 1. The van der Waals surface area contributed by atoms with E-state index in [1.165, 1.54) is 36.9 Å².